The number of hydrogen-bond acceptors (Lipinski definition) is 3. The maximum Gasteiger partial charge on any atom is 0.0198 e. The van der Waals surface area contributed by atoms with Gasteiger partial charge in [-0.25, -0.2) is 0 Å². The van der Waals surface area contributed by atoms with Crippen LogP contribution in [0.2, 0.25) is 0 Å². The second kappa shape index (κ2) is 5.56. The molecular weight excluding hydrogens is 216 g/mol. The molecule has 92 valence electrons. The molecule has 0 aromatic heterocycles. The zero-order valence-corrected chi connectivity index (χ0v) is 11.3. The molecule has 0 aliphatic carbocycles. The van der Waals surface area contributed by atoms with Crippen LogP contribution in [0, 0.1) is 5.92 Å². The zero-order chi connectivity index (χ0) is 11.5. The number of likely N-dealkylation sites (tertiary alicyclic amines) is 2. The topological polar surface area (TPSA) is 6.48 Å². The van der Waals surface area contributed by atoms with Crippen molar-refractivity contribution in [2.24, 2.45) is 5.92 Å². The molecule has 2 heterocycles. The Hall–Kier alpha value is 0.01000. The molecule has 2 atom stereocenters. The van der Waals surface area contributed by atoms with Crippen LogP contribution in [0.4, 0.5) is 0 Å². The molecule has 0 amide bonds. The quantitative estimate of drug-likeness (QED) is 0.594. The van der Waals surface area contributed by atoms with Gasteiger partial charge in [0.1, 0.15) is 0 Å². The second-order valence-electron chi connectivity index (χ2n) is 5.38. The summed E-state index contributed by atoms with van der Waals surface area (Å²) in [6, 6.07) is 0.842. The lowest BCUT2D eigenvalue weighted by atomic mass is 9.84. The van der Waals surface area contributed by atoms with Gasteiger partial charge < -0.3 is 4.90 Å². The molecule has 0 spiro atoms. The average Bonchev–Trinajstić information content (AvgIpc) is 2.29. The summed E-state index contributed by atoms with van der Waals surface area (Å²) < 4.78 is 0. The minimum Gasteiger partial charge on any atom is -0.303 e. The van der Waals surface area contributed by atoms with Gasteiger partial charge in [-0.3, -0.25) is 4.90 Å². The van der Waals surface area contributed by atoms with Crippen LogP contribution >= 0.6 is 12.6 Å². The van der Waals surface area contributed by atoms with Gasteiger partial charge in [0.2, 0.25) is 0 Å². The molecule has 0 bridgehead atoms. The van der Waals surface area contributed by atoms with Crippen molar-refractivity contribution in [2.75, 3.05) is 39.0 Å². The van der Waals surface area contributed by atoms with E-state index in [9.17, 15) is 0 Å². The Balaban J connectivity index is 1.87. The van der Waals surface area contributed by atoms with Gasteiger partial charge in [-0.1, -0.05) is 12.2 Å². The van der Waals surface area contributed by atoms with Crippen LogP contribution in [-0.4, -0.2) is 54.8 Å². The van der Waals surface area contributed by atoms with E-state index in [1.54, 1.807) is 0 Å². The van der Waals surface area contributed by atoms with Crippen LogP contribution in [0.3, 0.4) is 0 Å². The maximum atomic E-state index is 4.29. The number of rotatable bonds is 3. The first-order chi connectivity index (χ1) is 7.70. The van der Waals surface area contributed by atoms with E-state index in [0.717, 1.165) is 24.3 Å². The first kappa shape index (κ1) is 12.5. The molecule has 0 N–H and O–H groups in total. The molecule has 2 saturated heterocycles. The van der Waals surface area contributed by atoms with E-state index in [4.69, 9.17) is 0 Å². The molecule has 2 aliphatic heterocycles. The van der Waals surface area contributed by atoms with Gasteiger partial charge in [-0.15, -0.1) is 0 Å². The van der Waals surface area contributed by atoms with E-state index in [-0.39, 0.29) is 0 Å². The lowest BCUT2D eigenvalue weighted by molar-refractivity contribution is 0.0424. The van der Waals surface area contributed by atoms with Crippen LogP contribution in [-0.2, 0) is 0 Å². The summed E-state index contributed by atoms with van der Waals surface area (Å²) in [7, 11) is 2.29. The fourth-order valence-electron chi connectivity index (χ4n) is 3.24. The van der Waals surface area contributed by atoms with E-state index >= 15 is 0 Å². The first-order valence-electron chi connectivity index (χ1n) is 6.41. The summed E-state index contributed by atoms with van der Waals surface area (Å²) in [4.78, 5) is 5.14. The molecule has 0 aromatic carbocycles. The van der Waals surface area contributed by atoms with Crippen LogP contribution < -0.4 is 0 Å². The lowest BCUT2D eigenvalue weighted by Gasteiger charge is -2.46. The fourth-order valence-corrected chi connectivity index (χ4v) is 3.34. The summed E-state index contributed by atoms with van der Waals surface area (Å²) in [5, 5.41) is 0. The Morgan fingerprint density at radius 2 is 2.19 bits per heavy atom. The molecule has 2 rings (SSSR count). The summed E-state index contributed by atoms with van der Waals surface area (Å²) in [6.07, 6.45) is 4.12. The highest BCUT2D eigenvalue weighted by atomic mass is 32.1. The van der Waals surface area contributed by atoms with E-state index in [2.05, 4.69) is 36.1 Å². The predicted molar refractivity (Wildman–Crippen MR) is 73.2 cm³/mol. The van der Waals surface area contributed by atoms with Crippen LogP contribution in [0.15, 0.2) is 12.2 Å². The van der Waals surface area contributed by atoms with Gasteiger partial charge in [-0.05, 0) is 45.3 Å². The van der Waals surface area contributed by atoms with Gasteiger partial charge in [0.25, 0.3) is 0 Å². The predicted octanol–water partition coefficient (Wildman–Crippen LogP) is 1.89. The highest BCUT2D eigenvalue weighted by molar-refractivity contribution is 7.80. The van der Waals surface area contributed by atoms with Crippen molar-refractivity contribution in [1.29, 1.82) is 0 Å². The molecule has 2 fully saturated rings. The number of thiol groups is 1. The molecule has 16 heavy (non-hydrogen) atoms. The van der Waals surface area contributed by atoms with Gasteiger partial charge in [0.05, 0.1) is 0 Å². The fraction of sp³-hybridized carbons (Fsp3) is 0.846. The van der Waals surface area contributed by atoms with Gasteiger partial charge in [0.15, 0.2) is 0 Å². The van der Waals surface area contributed by atoms with E-state index in [0.29, 0.717) is 0 Å². The van der Waals surface area contributed by atoms with Crippen LogP contribution in [0.25, 0.3) is 0 Å². The lowest BCUT2D eigenvalue weighted by Crippen LogP contribution is -2.52. The van der Waals surface area contributed by atoms with E-state index < -0.39 is 0 Å². The molecule has 3 heteroatoms. The standard InChI is InChI=1S/C13H24N2S/c1-11(10-16)8-15-7-5-13-12(9-15)4-3-6-14(13)2/h12-13,16H,1,3-10H2,2H3. The average molecular weight is 240 g/mol. The maximum absolute atomic E-state index is 4.29. The monoisotopic (exact) mass is 240 g/mol. The second-order valence-corrected chi connectivity index (χ2v) is 5.70. The third-order valence-electron chi connectivity index (χ3n) is 4.10. The summed E-state index contributed by atoms with van der Waals surface area (Å²) in [6.45, 7) is 8.91. The number of fused-ring (bicyclic) bond motifs is 1. The summed E-state index contributed by atoms with van der Waals surface area (Å²) in [5.41, 5.74) is 1.26. The molecular formula is C13H24N2S. The van der Waals surface area contributed by atoms with Crippen molar-refractivity contribution in [3.05, 3.63) is 12.2 Å². The number of piperidine rings is 2. The number of nitrogens with zero attached hydrogens (tertiary/aromatic N) is 2. The van der Waals surface area contributed by atoms with Crippen molar-refractivity contribution in [3.8, 4) is 0 Å². The molecule has 0 radical (unpaired) electrons. The largest absolute Gasteiger partial charge is 0.303 e. The first-order valence-corrected chi connectivity index (χ1v) is 7.04. The normalized spacial score (nSPS) is 32.4. The van der Waals surface area contributed by atoms with Gasteiger partial charge in [0, 0.05) is 24.9 Å². The summed E-state index contributed by atoms with van der Waals surface area (Å²) in [5.74, 6) is 1.71. The SMILES string of the molecule is C=C(CS)CN1CCC2C(CCCN2C)C1. The Morgan fingerprint density at radius 3 is 2.94 bits per heavy atom. The van der Waals surface area contributed by atoms with Gasteiger partial charge in [-0.2, -0.15) is 12.6 Å². The minimum atomic E-state index is 0.824. The van der Waals surface area contributed by atoms with Crippen LogP contribution in [0.5, 0.6) is 0 Å². The molecule has 2 nitrogen and oxygen atoms in total. The summed E-state index contributed by atoms with van der Waals surface area (Å²) >= 11 is 4.29. The van der Waals surface area contributed by atoms with Gasteiger partial charge >= 0.3 is 0 Å². The third kappa shape index (κ3) is 2.82. The smallest absolute Gasteiger partial charge is 0.0198 e. The Morgan fingerprint density at radius 1 is 1.38 bits per heavy atom. The highest BCUT2D eigenvalue weighted by Crippen LogP contribution is 2.29. The Bertz CT molecular complexity index is 254. The third-order valence-corrected chi connectivity index (χ3v) is 4.55. The van der Waals surface area contributed by atoms with Crippen molar-refractivity contribution in [3.63, 3.8) is 0 Å². The zero-order valence-electron chi connectivity index (χ0n) is 10.4. The van der Waals surface area contributed by atoms with Crippen molar-refractivity contribution in [2.45, 2.75) is 25.3 Å². The molecule has 2 aliphatic rings. The molecule has 2 unspecified atom stereocenters. The number of hydrogen-bond donors (Lipinski definition) is 1. The Labute approximate surface area is 105 Å². The van der Waals surface area contributed by atoms with Crippen molar-refractivity contribution in [1.82, 2.24) is 9.80 Å². The molecule has 0 saturated carbocycles. The van der Waals surface area contributed by atoms with E-state index in [1.807, 2.05) is 0 Å². The van der Waals surface area contributed by atoms with Crippen molar-refractivity contribution < 1.29 is 0 Å². The minimum absolute atomic E-state index is 0.824. The van der Waals surface area contributed by atoms with Crippen molar-refractivity contribution >= 4 is 12.6 Å². The van der Waals surface area contributed by atoms with E-state index in [1.165, 1.54) is 44.5 Å². The van der Waals surface area contributed by atoms with Crippen LogP contribution in [0.1, 0.15) is 19.3 Å². The molecule has 0 aromatic rings. The highest BCUT2D eigenvalue weighted by Gasteiger charge is 2.33. The Kier molecular flexibility index (Phi) is 4.34.